The van der Waals surface area contributed by atoms with E-state index in [1.54, 1.807) is 7.11 Å². The molecule has 2 rings (SSSR count). The van der Waals surface area contributed by atoms with E-state index in [1.165, 1.54) is 16.7 Å². The zero-order valence-corrected chi connectivity index (χ0v) is 12.2. The van der Waals surface area contributed by atoms with Gasteiger partial charge in [-0.25, -0.2) is 0 Å². The van der Waals surface area contributed by atoms with Crippen LogP contribution in [0.4, 0.5) is 0 Å². The maximum Gasteiger partial charge on any atom is 0.305 e. The maximum absolute atomic E-state index is 10.7. The number of aryl methyl sites for hydroxylation is 1. The van der Waals surface area contributed by atoms with E-state index in [2.05, 4.69) is 36.4 Å². The van der Waals surface area contributed by atoms with E-state index in [0.717, 1.165) is 6.42 Å². The molecule has 1 atom stereocenters. The van der Waals surface area contributed by atoms with Crippen LogP contribution in [-0.2, 0) is 16.0 Å². The fourth-order valence-corrected chi connectivity index (χ4v) is 2.32. The van der Waals surface area contributed by atoms with Gasteiger partial charge < -0.3 is 9.84 Å². The molecule has 0 bridgehead atoms. The van der Waals surface area contributed by atoms with Gasteiger partial charge >= 0.3 is 5.97 Å². The van der Waals surface area contributed by atoms with Crippen molar-refractivity contribution in [3.05, 3.63) is 60.2 Å². The summed E-state index contributed by atoms with van der Waals surface area (Å²) in [7, 11) is 1.56. The van der Waals surface area contributed by atoms with Crippen molar-refractivity contribution in [1.29, 1.82) is 0 Å². The van der Waals surface area contributed by atoms with Crippen LogP contribution < -0.4 is 0 Å². The lowest BCUT2D eigenvalue weighted by Gasteiger charge is -2.13. The molecule has 2 aromatic carbocycles. The molecule has 3 heteroatoms. The van der Waals surface area contributed by atoms with Crippen molar-refractivity contribution >= 4 is 5.97 Å². The monoisotopic (exact) mass is 284 g/mol. The van der Waals surface area contributed by atoms with Gasteiger partial charge in [-0.3, -0.25) is 4.79 Å². The van der Waals surface area contributed by atoms with Crippen LogP contribution in [0.2, 0.25) is 0 Å². The molecule has 3 nitrogen and oxygen atoms in total. The number of ether oxygens (including phenoxy) is 1. The summed E-state index contributed by atoms with van der Waals surface area (Å²) in [6.07, 6.45) is 1.36. The van der Waals surface area contributed by atoms with Crippen LogP contribution in [0.25, 0.3) is 11.1 Å². The number of aliphatic carboxylic acids is 1. The third kappa shape index (κ3) is 4.72. The van der Waals surface area contributed by atoms with Gasteiger partial charge in [0.15, 0.2) is 0 Å². The SMILES string of the molecule is COC(CCc1ccc(-c2ccccc2)cc1)CC(=O)O. The predicted molar refractivity (Wildman–Crippen MR) is 83.2 cm³/mol. The average molecular weight is 284 g/mol. The van der Waals surface area contributed by atoms with Crippen LogP contribution >= 0.6 is 0 Å². The van der Waals surface area contributed by atoms with Gasteiger partial charge in [0.1, 0.15) is 0 Å². The predicted octanol–water partition coefficient (Wildman–Crippen LogP) is 3.78. The summed E-state index contributed by atoms with van der Waals surface area (Å²) in [5.74, 6) is -0.818. The second-order valence-electron chi connectivity index (χ2n) is 5.06. The summed E-state index contributed by atoms with van der Waals surface area (Å²) in [4.78, 5) is 10.7. The molecule has 1 N–H and O–H groups in total. The van der Waals surface area contributed by atoms with Gasteiger partial charge in [0, 0.05) is 7.11 Å². The highest BCUT2D eigenvalue weighted by molar-refractivity contribution is 5.67. The Morgan fingerprint density at radius 2 is 1.67 bits per heavy atom. The molecule has 0 spiro atoms. The van der Waals surface area contributed by atoms with Crippen molar-refractivity contribution in [3.8, 4) is 11.1 Å². The van der Waals surface area contributed by atoms with E-state index in [4.69, 9.17) is 9.84 Å². The Labute approximate surface area is 125 Å². The third-order valence-electron chi connectivity index (χ3n) is 3.55. The second kappa shape index (κ2) is 7.60. The van der Waals surface area contributed by atoms with Crippen LogP contribution in [0.3, 0.4) is 0 Å². The Balaban J connectivity index is 1.95. The van der Waals surface area contributed by atoms with E-state index in [9.17, 15) is 4.79 Å². The Morgan fingerprint density at radius 3 is 2.24 bits per heavy atom. The minimum atomic E-state index is -0.818. The molecule has 0 aliphatic heterocycles. The Kier molecular flexibility index (Phi) is 5.52. The van der Waals surface area contributed by atoms with E-state index in [-0.39, 0.29) is 12.5 Å². The molecule has 0 aliphatic carbocycles. The molecule has 0 amide bonds. The summed E-state index contributed by atoms with van der Waals surface area (Å²) >= 11 is 0. The van der Waals surface area contributed by atoms with Gasteiger partial charge in [-0.15, -0.1) is 0 Å². The summed E-state index contributed by atoms with van der Waals surface area (Å²) in [5, 5.41) is 8.79. The smallest absolute Gasteiger partial charge is 0.305 e. The Hall–Kier alpha value is -2.13. The zero-order valence-electron chi connectivity index (χ0n) is 12.2. The normalized spacial score (nSPS) is 12.0. The zero-order chi connectivity index (χ0) is 15.1. The lowest BCUT2D eigenvalue weighted by atomic mass is 10.0. The number of carbonyl (C=O) groups is 1. The highest BCUT2D eigenvalue weighted by Crippen LogP contribution is 2.20. The number of hydrogen-bond donors (Lipinski definition) is 1. The number of methoxy groups -OCH3 is 1. The third-order valence-corrected chi connectivity index (χ3v) is 3.55. The summed E-state index contributed by atoms with van der Waals surface area (Å²) in [5.41, 5.74) is 3.58. The first-order valence-corrected chi connectivity index (χ1v) is 7.08. The number of benzene rings is 2. The molecular weight excluding hydrogens is 264 g/mol. The first kappa shape index (κ1) is 15.3. The van der Waals surface area contributed by atoms with Gasteiger partial charge in [0.2, 0.25) is 0 Å². The minimum Gasteiger partial charge on any atom is -0.481 e. The second-order valence-corrected chi connectivity index (χ2v) is 5.06. The van der Waals surface area contributed by atoms with Crippen LogP contribution in [0.15, 0.2) is 54.6 Å². The summed E-state index contributed by atoms with van der Waals surface area (Å²) in [6, 6.07) is 18.6. The fraction of sp³-hybridized carbons (Fsp3) is 0.278. The maximum atomic E-state index is 10.7. The molecule has 0 fully saturated rings. The molecule has 0 saturated carbocycles. The Bertz CT molecular complexity index is 561. The van der Waals surface area contributed by atoms with Gasteiger partial charge in [-0.1, -0.05) is 54.6 Å². The number of carboxylic acids is 1. The van der Waals surface area contributed by atoms with Crippen molar-refractivity contribution in [2.75, 3.05) is 7.11 Å². The number of rotatable bonds is 7. The molecule has 21 heavy (non-hydrogen) atoms. The van der Waals surface area contributed by atoms with Crippen molar-refractivity contribution in [2.45, 2.75) is 25.4 Å². The van der Waals surface area contributed by atoms with Gasteiger partial charge in [-0.2, -0.15) is 0 Å². The average Bonchev–Trinajstić information content (AvgIpc) is 2.52. The van der Waals surface area contributed by atoms with E-state index in [1.807, 2.05) is 18.2 Å². The summed E-state index contributed by atoms with van der Waals surface area (Å²) in [6.45, 7) is 0. The van der Waals surface area contributed by atoms with Crippen LogP contribution in [-0.4, -0.2) is 24.3 Å². The highest BCUT2D eigenvalue weighted by atomic mass is 16.5. The molecule has 0 aliphatic rings. The van der Waals surface area contributed by atoms with Gasteiger partial charge in [-0.05, 0) is 29.5 Å². The molecule has 0 radical (unpaired) electrons. The number of hydrogen-bond acceptors (Lipinski definition) is 2. The largest absolute Gasteiger partial charge is 0.481 e. The topological polar surface area (TPSA) is 46.5 Å². The van der Waals surface area contributed by atoms with Crippen LogP contribution in [0.1, 0.15) is 18.4 Å². The quantitative estimate of drug-likeness (QED) is 0.841. The molecular formula is C18H20O3. The van der Waals surface area contributed by atoms with E-state index >= 15 is 0 Å². The first-order chi connectivity index (χ1) is 10.2. The van der Waals surface area contributed by atoms with Crippen molar-refractivity contribution in [2.24, 2.45) is 0 Å². The lowest BCUT2D eigenvalue weighted by Crippen LogP contribution is -2.16. The summed E-state index contributed by atoms with van der Waals surface area (Å²) < 4.78 is 5.20. The molecule has 0 aromatic heterocycles. The highest BCUT2D eigenvalue weighted by Gasteiger charge is 2.12. The molecule has 0 saturated heterocycles. The lowest BCUT2D eigenvalue weighted by molar-refractivity contribution is -0.139. The van der Waals surface area contributed by atoms with Gasteiger partial charge in [0.05, 0.1) is 12.5 Å². The minimum absolute atomic E-state index is 0.0542. The number of carboxylic acid groups (broad SMARTS) is 1. The van der Waals surface area contributed by atoms with Crippen molar-refractivity contribution < 1.29 is 14.6 Å². The van der Waals surface area contributed by atoms with Gasteiger partial charge in [0.25, 0.3) is 0 Å². The van der Waals surface area contributed by atoms with Crippen LogP contribution in [0, 0.1) is 0 Å². The standard InChI is InChI=1S/C18H20O3/c1-21-17(13-18(19)20)12-9-14-7-10-16(11-8-14)15-5-3-2-4-6-15/h2-8,10-11,17H,9,12-13H2,1H3,(H,19,20). The Morgan fingerprint density at radius 1 is 1.05 bits per heavy atom. The fourth-order valence-electron chi connectivity index (χ4n) is 2.32. The molecule has 110 valence electrons. The van der Waals surface area contributed by atoms with Crippen molar-refractivity contribution in [3.63, 3.8) is 0 Å². The molecule has 1 unspecified atom stereocenters. The van der Waals surface area contributed by atoms with E-state index in [0.29, 0.717) is 6.42 Å². The van der Waals surface area contributed by atoms with E-state index < -0.39 is 5.97 Å². The molecule has 2 aromatic rings. The first-order valence-electron chi connectivity index (χ1n) is 7.08. The molecule has 0 heterocycles. The van der Waals surface area contributed by atoms with Crippen molar-refractivity contribution in [1.82, 2.24) is 0 Å². The van der Waals surface area contributed by atoms with Crippen LogP contribution in [0.5, 0.6) is 0 Å².